The van der Waals surface area contributed by atoms with Crippen LogP contribution >= 0.6 is 11.8 Å². The number of thioether (sulfide) groups is 1. The van der Waals surface area contributed by atoms with Gasteiger partial charge in [-0.25, -0.2) is 9.50 Å². The molecule has 1 amide bonds. The zero-order valence-electron chi connectivity index (χ0n) is 17.0. The molecule has 152 valence electrons. The predicted octanol–water partition coefficient (Wildman–Crippen LogP) is 4.75. The predicted molar refractivity (Wildman–Crippen MR) is 120 cm³/mol. The second-order valence-corrected chi connectivity index (χ2v) is 7.98. The van der Waals surface area contributed by atoms with Crippen LogP contribution in [0, 0.1) is 13.8 Å². The zero-order valence-corrected chi connectivity index (χ0v) is 17.9. The monoisotopic (exact) mass is 418 g/mol. The maximum absolute atomic E-state index is 12.3. The smallest absolute Gasteiger partial charge is 0.234 e. The van der Waals surface area contributed by atoms with E-state index in [-0.39, 0.29) is 11.7 Å². The van der Waals surface area contributed by atoms with Gasteiger partial charge in [-0.1, -0.05) is 29.5 Å². The molecule has 4 rings (SSSR count). The van der Waals surface area contributed by atoms with Gasteiger partial charge in [-0.2, -0.15) is 5.10 Å². The standard InChI is InChI=1S/C23H22N4O2S/c1-15-4-9-19(16(2)12-15)25-22(28)14-30-23-11-10-21-24-20(13-27(21)26-23)17-5-7-18(29-3)8-6-17/h4-13H,14H2,1-3H3,(H,25,28). The number of imidazole rings is 1. The van der Waals surface area contributed by atoms with Crippen LogP contribution in [0.5, 0.6) is 5.75 Å². The molecule has 0 aliphatic heterocycles. The number of aryl methyl sites for hydroxylation is 2. The van der Waals surface area contributed by atoms with Crippen LogP contribution in [0.1, 0.15) is 11.1 Å². The molecule has 30 heavy (non-hydrogen) atoms. The van der Waals surface area contributed by atoms with Gasteiger partial charge < -0.3 is 10.1 Å². The molecular formula is C23H22N4O2S. The number of benzene rings is 2. The Morgan fingerprint density at radius 3 is 2.63 bits per heavy atom. The maximum Gasteiger partial charge on any atom is 0.234 e. The largest absolute Gasteiger partial charge is 0.497 e. The molecule has 0 spiro atoms. The van der Waals surface area contributed by atoms with Gasteiger partial charge in [-0.3, -0.25) is 4.79 Å². The summed E-state index contributed by atoms with van der Waals surface area (Å²) in [6.07, 6.45) is 1.89. The summed E-state index contributed by atoms with van der Waals surface area (Å²) in [7, 11) is 1.64. The normalized spacial score (nSPS) is 10.9. The Labute approximate surface area is 179 Å². The summed E-state index contributed by atoms with van der Waals surface area (Å²) in [4.78, 5) is 17.0. The molecule has 0 saturated carbocycles. The number of carbonyl (C=O) groups excluding carboxylic acids is 1. The first-order valence-corrected chi connectivity index (χ1v) is 10.5. The highest BCUT2D eigenvalue weighted by Gasteiger charge is 2.09. The van der Waals surface area contributed by atoms with Gasteiger partial charge in [-0.05, 0) is 61.9 Å². The van der Waals surface area contributed by atoms with E-state index in [9.17, 15) is 4.79 Å². The number of aromatic nitrogens is 3. The summed E-state index contributed by atoms with van der Waals surface area (Å²) in [6.45, 7) is 4.02. The van der Waals surface area contributed by atoms with E-state index in [0.29, 0.717) is 0 Å². The topological polar surface area (TPSA) is 68.5 Å². The highest BCUT2D eigenvalue weighted by molar-refractivity contribution is 7.99. The SMILES string of the molecule is COc1ccc(-c2cn3nc(SCC(=O)Nc4ccc(C)cc4C)ccc3n2)cc1. The zero-order chi connectivity index (χ0) is 21.1. The number of hydrogen-bond donors (Lipinski definition) is 1. The molecule has 1 N–H and O–H groups in total. The van der Waals surface area contributed by atoms with Gasteiger partial charge in [0.1, 0.15) is 10.8 Å². The lowest BCUT2D eigenvalue weighted by molar-refractivity contribution is -0.113. The quantitative estimate of drug-likeness (QED) is 0.458. The molecule has 0 unspecified atom stereocenters. The van der Waals surface area contributed by atoms with Crippen molar-refractivity contribution in [1.82, 2.24) is 14.6 Å². The second kappa shape index (κ2) is 8.59. The molecule has 0 saturated heterocycles. The fraction of sp³-hybridized carbons (Fsp3) is 0.174. The third-order valence-electron chi connectivity index (χ3n) is 4.69. The first kappa shape index (κ1) is 20.0. The fourth-order valence-electron chi connectivity index (χ4n) is 3.12. The minimum absolute atomic E-state index is 0.0570. The maximum atomic E-state index is 12.3. The first-order valence-electron chi connectivity index (χ1n) is 9.52. The van der Waals surface area contributed by atoms with E-state index in [0.717, 1.165) is 38.9 Å². The van der Waals surface area contributed by atoms with Crippen LogP contribution in [-0.4, -0.2) is 33.4 Å². The summed E-state index contributed by atoms with van der Waals surface area (Å²) in [6, 6.07) is 17.5. The molecule has 0 fully saturated rings. The molecule has 0 radical (unpaired) electrons. The van der Waals surface area contributed by atoms with Gasteiger partial charge in [0, 0.05) is 11.3 Å². The number of nitrogens with zero attached hydrogens (tertiary/aromatic N) is 3. The average molecular weight is 419 g/mol. The Hall–Kier alpha value is -3.32. The number of rotatable bonds is 6. The summed E-state index contributed by atoms with van der Waals surface area (Å²) in [5.41, 5.74) is 5.64. The third-order valence-corrected chi connectivity index (χ3v) is 5.61. The highest BCUT2D eigenvalue weighted by atomic mass is 32.2. The van der Waals surface area contributed by atoms with Crippen LogP contribution < -0.4 is 10.1 Å². The Balaban J connectivity index is 1.43. The number of anilines is 1. The molecule has 2 heterocycles. The molecule has 6 nitrogen and oxygen atoms in total. The van der Waals surface area contributed by atoms with Crippen LogP contribution in [0.3, 0.4) is 0 Å². The number of ether oxygens (including phenoxy) is 1. The van der Waals surface area contributed by atoms with E-state index in [1.54, 1.807) is 11.6 Å². The summed E-state index contributed by atoms with van der Waals surface area (Å²) in [5, 5.41) is 8.30. The lowest BCUT2D eigenvalue weighted by Crippen LogP contribution is -2.15. The lowest BCUT2D eigenvalue weighted by atomic mass is 10.1. The summed E-state index contributed by atoms with van der Waals surface area (Å²) < 4.78 is 6.94. The minimum Gasteiger partial charge on any atom is -0.497 e. The number of nitrogens with one attached hydrogen (secondary N) is 1. The van der Waals surface area contributed by atoms with Gasteiger partial charge >= 0.3 is 0 Å². The number of hydrogen-bond acceptors (Lipinski definition) is 5. The third kappa shape index (κ3) is 4.46. The van der Waals surface area contributed by atoms with E-state index in [4.69, 9.17) is 4.74 Å². The summed E-state index contributed by atoms with van der Waals surface area (Å²) >= 11 is 1.39. The molecule has 4 aromatic rings. The molecular weight excluding hydrogens is 396 g/mol. The molecule has 2 aromatic heterocycles. The molecule has 0 atom stereocenters. The van der Waals surface area contributed by atoms with Crippen molar-refractivity contribution < 1.29 is 9.53 Å². The van der Waals surface area contributed by atoms with Crippen LogP contribution in [-0.2, 0) is 4.79 Å². The van der Waals surface area contributed by atoms with E-state index in [1.165, 1.54) is 17.3 Å². The van der Waals surface area contributed by atoms with E-state index in [1.807, 2.05) is 68.6 Å². The number of fused-ring (bicyclic) bond motifs is 1. The Morgan fingerprint density at radius 1 is 1.10 bits per heavy atom. The lowest BCUT2D eigenvalue weighted by Gasteiger charge is -2.08. The van der Waals surface area contributed by atoms with Gasteiger partial charge in [0.2, 0.25) is 5.91 Å². The van der Waals surface area contributed by atoms with Gasteiger partial charge in [0.15, 0.2) is 5.65 Å². The second-order valence-electron chi connectivity index (χ2n) is 6.98. The van der Waals surface area contributed by atoms with Crippen molar-refractivity contribution in [2.75, 3.05) is 18.2 Å². The summed E-state index contributed by atoms with van der Waals surface area (Å²) in [5.74, 6) is 1.03. The molecule has 2 aromatic carbocycles. The van der Waals surface area contributed by atoms with Crippen molar-refractivity contribution in [3.63, 3.8) is 0 Å². The van der Waals surface area contributed by atoms with Gasteiger partial charge in [0.25, 0.3) is 0 Å². The van der Waals surface area contributed by atoms with Crippen molar-refractivity contribution in [3.05, 3.63) is 71.9 Å². The minimum atomic E-state index is -0.0570. The van der Waals surface area contributed by atoms with E-state index < -0.39 is 0 Å². The van der Waals surface area contributed by atoms with Gasteiger partial charge in [0.05, 0.1) is 24.8 Å². The molecule has 0 aliphatic rings. The van der Waals surface area contributed by atoms with Crippen molar-refractivity contribution >= 4 is 29.0 Å². The molecule has 0 bridgehead atoms. The van der Waals surface area contributed by atoms with Crippen molar-refractivity contribution in [3.8, 4) is 17.0 Å². The first-order chi connectivity index (χ1) is 14.5. The van der Waals surface area contributed by atoms with Crippen LogP contribution in [0.4, 0.5) is 5.69 Å². The molecule has 0 aliphatic carbocycles. The number of carbonyl (C=O) groups is 1. The van der Waals surface area contributed by atoms with E-state index in [2.05, 4.69) is 21.5 Å². The van der Waals surface area contributed by atoms with Crippen molar-refractivity contribution in [2.24, 2.45) is 0 Å². The highest BCUT2D eigenvalue weighted by Crippen LogP contribution is 2.23. The van der Waals surface area contributed by atoms with Crippen LogP contribution in [0.15, 0.2) is 65.8 Å². The Morgan fingerprint density at radius 2 is 1.90 bits per heavy atom. The van der Waals surface area contributed by atoms with Crippen molar-refractivity contribution in [2.45, 2.75) is 18.9 Å². The van der Waals surface area contributed by atoms with Crippen LogP contribution in [0.2, 0.25) is 0 Å². The van der Waals surface area contributed by atoms with Crippen LogP contribution in [0.25, 0.3) is 16.9 Å². The Kier molecular flexibility index (Phi) is 5.72. The number of methoxy groups -OCH3 is 1. The van der Waals surface area contributed by atoms with Crippen molar-refractivity contribution in [1.29, 1.82) is 0 Å². The Bertz CT molecular complexity index is 1200. The molecule has 7 heteroatoms. The van der Waals surface area contributed by atoms with Gasteiger partial charge in [-0.15, -0.1) is 0 Å². The fourth-order valence-corrected chi connectivity index (χ4v) is 3.78. The number of amides is 1. The van der Waals surface area contributed by atoms with E-state index >= 15 is 0 Å². The average Bonchev–Trinajstić information content (AvgIpc) is 3.18.